The Labute approximate surface area is 149 Å². The number of hydrogen-bond donors (Lipinski definition) is 0. The molecule has 1 saturated heterocycles. The molecule has 0 saturated carbocycles. The molecule has 5 nitrogen and oxygen atoms in total. The Morgan fingerprint density at radius 1 is 1.28 bits per heavy atom. The number of piperidine rings is 1. The molecule has 1 amide bonds. The van der Waals surface area contributed by atoms with Gasteiger partial charge >= 0.3 is 0 Å². The normalized spacial score (nSPS) is 17.8. The molecular weight excluding hydrogens is 316 g/mol. The van der Waals surface area contributed by atoms with Crippen molar-refractivity contribution in [2.24, 2.45) is 5.92 Å². The van der Waals surface area contributed by atoms with Gasteiger partial charge in [-0.3, -0.25) is 9.69 Å². The smallest absolute Gasteiger partial charge is 0.226 e. The van der Waals surface area contributed by atoms with Crippen LogP contribution in [0.5, 0.6) is 11.5 Å². The third-order valence-electron chi connectivity index (χ3n) is 4.93. The van der Waals surface area contributed by atoms with E-state index in [1.54, 1.807) is 0 Å². The number of fused-ring (bicyclic) bond motifs is 1. The van der Waals surface area contributed by atoms with Gasteiger partial charge in [0.05, 0.1) is 6.54 Å². The van der Waals surface area contributed by atoms with Crippen molar-refractivity contribution in [2.75, 3.05) is 39.4 Å². The van der Waals surface area contributed by atoms with Crippen LogP contribution in [-0.4, -0.2) is 55.1 Å². The third kappa shape index (κ3) is 4.26. The van der Waals surface area contributed by atoms with Crippen LogP contribution in [0, 0.1) is 18.3 Å². The Bertz CT molecular complexity index is 645. The number of rotatable bonds is 5. The van der Waals surface area contributed by atoms with Crippen LogP contribution in [0.4, 0.5) is 0 Å². The van der Waals surface area contributed by atoms with Crippen molar-refractivity contribution >= 4 is 5.91 Å². The van der Waals surface area contributed by atoms with E-state index in [4.69, 9.17) is 15.9 Å². The fourth-order valence-corrected chi connectivity index (χ4v) is 3.48. The SMILES string of the molecule is C#CCN1CCC(C(=O)N(CC)Cc2ccc3c(c2)OCCO3)CC1. The monoisotopic (exact) mass is 342 g/mol. The number of nitrogens with zero attached hydrogens (tertiary/aromatic N) is 2. The molecular formula is C20H26N2O3. The molecule has 0 aliphatic carbocycles. The van der Waals surface area contributed by atoms with Crippen molar-refractivity contribution in [1.82, 2.24) is 9.80 Å². The highest BCUT2D eigenvalue weighted by atomic mass is 16.6. The molecule has 134 valence electrons. The van der Waals surface area contributed by atoms with Gasteiger partial charge in [0.2, 0.25) is 5.91 Å². The summed E-state index contributed by atoms with van der Waals surface area (Å²) in [6.45, 7) is 6.99. The number of benzene rings is 1. The van der Waals surface area contributed by atoms with Crippen molar-refractivity contribution in [3.63, 3.8) is 0 Å². The minimum Gasteiger partial charge on any atom is -0.486 e. The van der Waals surface area contributed by atoms with E-state index in [0.29, 0.717) is 32.8 Å². The molecule has 0 aromatic heterocycles. The van der Waals surface area contributed by atoms with Gasteiger partial charge in [0, 0.05) is 19.0 Å². The van der Waals surface area contributed by atoms with Gasteiger partial charge in [-0.05, 0) is 50.6 Å². The molecule has 2 aliphatic rings. The molecule has 0 radical (unpaired) electrons. The Hall–Kier alpha value is -2.19. The highest BCUT2D eigenvalue weighted by molar-refractivity contribution is 5.79. The molecule has 0 unspecified atom stereocenters. The fraction of sp³-hybridized carbons (Fsp3) is 0.550. The van der Waals surface area contributed by atoms with Gasteiger partial charge in [0.15, 0.2) is 11.5 Å². The second-order valence-electron chi connectivity index (χ2n) is 6.58. The van der Waals surface area contributed by atoms with Gasteiger partial charge < -0.3 is 14.4 Å². The van der Waals surface area contributed by atoms with E-state index >= 15 is 0 Å². The predicted octanol–water partition coefficient (Wildman–Crippen LogP) is 2.15. The van der Waals surface area contributed by atoms with Crippen LogP contribution in [0.25, 0.3) is 0 Å². The second-order valence-corrected chi connectivity index (χ2v) is 6.58. The lowest BCUT2D eigenvalue weighted by molar-refractivity contribution is -0.137. The number of carbonyl (C=O) groups excluding carboxylic acids is 1. The van der Waals surface area contributed by atoms with E-state index < -0.39 is 0 Å². The van der Waals surface area contributed by atoms with E-state index in [0.717, 1.165) is 43.0 Å². The summed E-state index contributed by atoms with van der Waals surface area (Å²) in [5.41, 5.74) is 1.07. The molecule has 0 spiro atoms. The molecule has 2 heterocycles. The van der Waals surface area contributed by atoms with Crippen LogP contribution >= 0.6 is 0 Å². The molecule has 3 rings (SSSR count). The molecule has 0 atom stereocenters. The number of carbonyl (C=O) groups is 1. The maximum atomic E-state index is 12.9. The topological polar surface area (TPSA) is 42.0 Å². The van der Waals surface area contributed by atoms with Crippen molar-refractivity contribution in [3.05, 3.63) is 23.8 Å². The van der Waals surface area contributed by atoms with Gasteiger partial charge in [-0.2, -0.15) is 0 Å². The molecule has 5 heteroatoms. The quantitative estimate of drug-likeness (QED) is 0.769. The van der Waals surface area contributed by atoms with Gasteiger partial charge in [0.1, 0.15) is 13.2 Å². The molecule has 0 bridgehead atoms. The zero-order valence-electron chi connectivity index (χ0n) is 14.9. The van der Waals surface area contributed by atoms with E-state index in [2.05, 4.69) is 10.8 Å². The highest BCUT2D eigenvalue weighted by Gasteiger charge is 2.28. The zero-order valence-corrected chi connectivity index (χ0v) is 14.9. The van der Waals surface area contributed by atoms with Crippen LogP contribution in [-0.2, 0) is 11.3 Å². The summed E-state index contributed by atoms with van der Waals surface area (Å²) in [7, 11) is 0. The summed E-state index contributed by atoms with van der Waals surface area (Å²) < 4.78 is 11.2. The maximum absolute atomic E-state index is 12.9. The first-order valence-corrected chi connectivity index (χ1v) is 9.04. The summed E-state index contributed by atoms with van der Waals surface area (Å²) in [6.07, 6.45) is 7.15. The fourth-order valence-electron chi connectivity index (χ4n) is 3.48. The number of amides is 1. The van der Waals surface area contributed by atoms with Gasteiger partial charge in [-0.15, -0.1) is 6.42 Å². The van der Waals surface area contributed by atoms with Gasteiger partial charge in [-0.1, -0.05) is 12.0 Å². The third-order valence-corrected chi connectivity index (χ3v) is 4.93. The lowest BCUT2D eigenvalue weighted by Gasteiger charge is -2.33. The summed E-state index contributed by atoms with van der Waals surface area (Å²) in [6, 6.07) is 5.93. The minimum absolute atomic E-state index is 0.103. The summed E-state index contributed by atoms with van der Waals surface area (Å²) in [4.78, 5) is 17.1. The Morgan fingerprint density at radius 3 is 2.68 bits per heavy atom. The Kier molecular flexibility index (Phi) is 5.83. The van der Waals surface area contributed by atoms with Crippen LogP contribution in [0.15, 0.2) is 18.2 Å². The van der Waals surface area contributed by atoms with Gasteiger partial charge in [-0.25, -0.2) is 0 Å². The molecule has 2 aliphatic heterocycles. The summed E-state index contributed by atoms with van der Waals surface area (Å²) in [5, 5.41) is 0. The predicted molar refractivity (Wildman–Crippen MR) is 96.5 cm³/mol. The van der Waals surface area contributed by atoms with Crippen molar-refractivity contribution in [1.29, 1.82) is 0 Å². The highest BCUT2D eigenvalue weighted by Crippen LogP contribution is 2.31. The first-order chi connectivity index (χ1) is 12.2. The zero-order chi connectivity index (χ0) is 17.6. The molecule has 1 aromatic carbocycles. The van der Waals surface area contributed by atoms with Crippen molar-refractivity contribution in [3.8, 4) is 23.8 Å². The number of hydrogen-bond acceptors (Lipinski definition) is 4. The van der Waals surface area contributed by atoms with Crippen LogP contribution < -0.4 is 9.47 Å². The number of likely N-dealkylation sites (tertiary alicyclic amines) is 1. The van der Waals surface area contributed by atoms with E-state index in [-0.39, 0.29) is 11.8 Å². The largest absolute Gasteiger partial charge is 0.486 e. The van der Waals surface area contributed by atoms with Crippen LogP contribution in [0.3, 0.4) is 0 Å². The summed E-state index contributed by atoms with van der Waals surface area (Å²) >= 11 is 0. The molecule has 1 aromatic rings. The van der Waals surface area contributed by atoms with Crippen LogP contribution in [0.1, 0.15) is 25.3 Å². The van der Waals surface area contributed by atoms with Gasteiger partial charge in [0.25, 0.3) is 0 Å². The average molecular weight is 342 g/mol. The van der Waals surface area contributed by atoms with Crippen molar-refractivity contribution in [2.45, 2.75) is 26.3 Å². The first-order valence-electron chi connectivity index (χ1n) is 9.04. The maximum Gasteiger partial charge on any atom is 0.226 e. The Morgan fingerprint density at radius 2 is 2.00 bits per heavy atom. The van der Waals surface area contributed by atoms with E-state index in [1.165, 1.54) is 0 Å². The lowest BCUT2D eigenvalue weighted by atomic mass is 9.95. The minimum atomic E-state index is 0.103. The summed E-state index contributed by atoms with van der Waals surface area (Å²) in [5.74, 6) is 4.59. The number of ether oxygens (including phenoxy) is 2. The average Bonchev–Trinajstić information content (AvgIpc) is 2.66. The standard InChI is InChI=1S/C20H26N2O3/c1-3-9-21-10-7-17(8-11-21)20(23)22(4-2)15-16-5-6-18-19(14-16)25-13-12-24-18/h1,5-6,14,17H,4,7-13,15H2,2H3. The second kappa shape index (κ2) is 8.26. The van der Waals surface area contributed by atoms with Crippen LogP contribution in [0.2, 0.25) is 0 Å². The number of terminal acetylenes is 1. The van der Waals surface area contributed by atoms with E-state index in [1.807, 2.05) is 30.0 Å². The lowest BCUT2D eigenvalue weighted by Crippen LogP contribution is -2.42. The first kappa shape index (κ1) is 17.6. The Balaban J connectivity index is 1.60. The molecule has 1 fully saturated rings. The molecule has 25 heavy (non-hydrogen) atoms. The molecule has 0 N–H and O–H groups in total. The van der Waals surface area contributed by atoms with Crippen molar-refractivity contribution < 1.29 is 14.3 Å². The van der Waals surface area contributed by atoms with E-state index in [9.17, 15) is 4.79 Å².